The Labute approximate surface area is 133 Å². The van der Waals surface area contributed by atoms with Gasteiger partial charge in [0.1, 0.15) is 4.90 Å². The van der Waals surface area contributed by atoms with Crippen LogP contribution in [0.2, 0.25) is 15.1 Å². The predicted octanol–water partition coefficient (Wildman–Crippen LogP) is 3.07. The van der Waals surface area contributed by atoms with Crippen molar-refractivity contribution in [3.8, 4) is 0 Å². The van der Waals surface area contributed by atoms with Crippen LogP contribution in [-0.2, 0) is 10.0 Å². The van der Waals surface area contributed by atoms with Crippen LogP contribution in [0.1, 0.15) is 19.3 Å². The molecule has 1 unspecified atom stereocenters. The molecular weight excluding hydrogens is 343 g/mol. The molecular formula is C12H15Cl3N2O2S. The highest BCUT2D eigenvalue weighted by atomic mass is 35.5. The van der Waals surface area contributed by atoms with E-state index in [0.717, 1.165) is 25.8 Å². The minimum Gasteiger partial charge on any atom is -0.313 e. The normalized spacial score (nSPS) is 20.1. The lowest BCUT2D eigenvalue weighted by atomic mass is 10.1. The number of halogens is 3. The predicted molar refractivity (Wildman–Crippen MR) is 82.3 cm³/mol. The largest absolute Gasteiger partial charge is 0.313 e. The summed E-state index contributed by atoms with van der Waals surface area (Å²) in [6.45, 7) is 1.23. The van der Waals surface area contributed by atoms with Gasteiger partial charge < -0.3 is 5.32 Å². The molecule has 0 amide bonds. The van der Waals surface area contributed by atoms with Gasteiger partial charge in [-0.3, -0.25) is 0 Å². The molecule has 1 aliphatic rings. The Morgan fingerprint density at radius 3 is 2.40 bits per heavy atom. The van der Waals surface area contributed by atoms with Crippen LogP contribution in [0.25, 0.3) is 0 Å². The van der Waals surface area contributed by atoms with Gasteiger partial charge in [0, 0.05) is 17.6 Å². The summed E-state index contributed by atoms with van der Waals surface area (Å²) in [5.41, 5.74) is 0. The van der Waals surface area contributed by atoms with Crippen molar-refractivity contribution in [2.45, 2.75) is 30.2 Å². The minimum absolute atomic E-state index is 0.0200. The molecule has 1 aliphatic heterocycles. The molecule has 1 aromatic carbocycles. The molecule has 1 fully saturated rings. The third kappa shape index (κ3) is 4.00. The van der Waals surface area contributed by atoms with E-state index in [-0.39, 0.29) is 21.0 Å². The quantitative estimate of drug-likeness (QED) is 0.870. The molecule has 112 valence electrons. The zero-order chi connectivity index (χ0) is 14.8. The van der Waals surface area contributed by atoms with Crippen molar-refractivity contribution >= 4 is 44.8 Å². The average molecular weight is 358 g/mol. The molecule has 1 saturated heterocycles. The van der Waals surface area contributed by atoms with Crippen molar-refractivity contribution in [1.82, 2.24) is 10.0 Å². The van der Waals surface area contributed by atoms with E-state index < -0.39 is 10.0 Å². The van der Waals surface area contributed by atoms with Gasteiger partial charge in [-0.15, -0.1) is 0 Å². The number of sulfonamides is 1. The first kappa shape index (κ1) is 16.3. The van der Waals surface area contributed by atoms with E-state index in [4.69, 9.17) is 34.8 Å². The van der Waals surface area contributed by atoms with Crippen molar-refractivity contribution in [1.29, 1.82) is 0 Å². The maximum atomic E-state index is 12.3. The number of rotatable bonds is 4. The maximum Gasteiger partial charge on any atom is 0.243 e. The standard InChI is InChI=1S/C12H15Cl3N2O2S/c13-8-5-10(14)12(11(15)6-8)20(18,19)17-7-9-3-1-2-4-16-9/h5-6,9,16-17H,1-4,7H2. The Balaban J connectivity index is 2.14. The van der Waals surface area contributed by atoms with E-state index in [1.165, 1.54) is 12.1 Å². The lowest BCUT2D eigenvalue weighted by Gasteiger charge is -2.23. The molecule has 0 saturated carbocycles. The number of hydrogen-bond acceptors (Lipinski definition) is 3. The number of piperidine rings is 1. The van der Waals surface area contributed by atoms with Gasteiger partial charge in [-0.25, -0.2) is 13.1 Å². The van der Waals surface area contributed by atoms with E-state index in [9.17, 15) is 8.42 Å². The molecule has 20 heavy (non-hydrogen) atoms. The zero-order valence-corrected chi connectivity index (χ0v) is 13.7. The van der Waals surface area contributed by atoms with Crippen molar-refractivity contribution in [2.75, 3.05) is 13.1 Å². The summed E-state index contributed by atoms with van der Waals surface area (Å²) < 4.78 is 27.1. The van der Waals surface area contributed by atoms with Gasteiger partial charge in [-0.05, 0) is 31.5 Å². The smallest absolute Gasteiger partial charge is 0.243 e. The fraction of sp³-hybridized carbons (Fsp3) is 0.500. The van der Waals surface area contributed by atoms with Crippen molar-refractivity contribution in [3.05, 3.63) is 27.2 Å². The van der Waals surface area contributed by atoms with Crippen LogP contribution >= 0.6 is 34.8 Å². The van der Waals surface area contributed by atoms with E-state index in [1.54, 1.807) is 0 Å². The molecule has 1 heterocycles. The summed E-state index contributed by atoms with van der Waals surface area (Å²) in [7, 11) is -3.75. The van der Waals surface area contributed by atoms with Gasteiger partial charge in [0.15, 0.2) is 0 Å². The van der Waals surface area contributed by atoms with E-state index in [1.807, 2.05) is 0 Å². The second-order valence-electron chi connectivity index (χ2n) is 4.70. The zero-order valence-electron chi connectivity index (χ0n) is 10.6. The lowest BCUT2D eigenvalue weighted by molar-refractivity contribution is 0.398. The molecule has 0 aliphatic carbocycles. The molecule has 8 heteroatoms. The van der Waals surface area contributed by atoms with Crippen LogP contribution in [0.4, 0.5) is 0 Å². The summed E-state index contributed by atoms with van der Waals surface area (Å²) in [5.74, 6) is 0. The molecule has 1 aromatic rings. The van der Waals surface area contributed by atoms with Crippen molar-refractivity contribution < 1.29 is 8.42 Å². The van der Waals surface area contributed by atoms with Gasteiger partial charge in [-0.1, -0.05) is 41.2 Å². The Hall–Kier alpha value is -0.0400. The van der Waals surface area contributed by atoms with Crippen LogP contribution in [0.3, 0.4) is 0 Å². The molecule has 0 radical (unpaired) electrons. The highest BCUT2D eigenvalue weighted by Crippen LogP contribution is 2.32. The van der Waals surface area contributed by atoms with Gasteiger partial charge in [0.25, 0.3) is 0 Å². The molecule has 2 rings (SSSR count). The SMILES string of the molecule is O=S(=O)(NCC1CCCCN1)c1c(Cl)cc(Cl)cc1Cl. The Morgan fingerprint density at radius 2 is 1.85 bits per heavy atom. The van der Waals surface area contributed by atoms with Crippen molar-refractivity contribution in [2.24, 2.45) is 0 Å². The van der Waals surface area contributed by atoms with Crippen LogP contribution in [-0.4, -0.2) is 27.5 Å². The number of hydrogen-bond donors (Lipinski definition) is 2. The van der Waals surface area contributed by atoms with Gasteiger partial charge in [0.2, 0.25) is 10.0 Å². The molecule has 2 N–H and O–H groups in total. The Bertz CT molecular complexity index is 563. The highest BCUT2D eigenvalue weighted by molar-refractivity contribution is 7.89. The molecule has 0 spiro atoms. The van der Waals surface area contributed by atoms with Crippen LogP contribution in [0.5, 0.6) is 0 Å². The fourth-order valence-electron chi connectivity index (χ4n) is 2.17. The van der Waals surface area contributed by atoms with Crippen LogP contribution in [0, 0.1) is 0 Å². The topological polar surface area (TPSA) is 58.2 Å². The summed E-state index contributed by atoms with van der Waals surface area (Å²) in [5, 5.41) is 3.61. The van der Waals surface area contributed by atoms with E-state index in [2.05, 4.69) is 10.0 Å². The average Bonchev–Trinajstić information content (AvgIpc) is 2.36. The summed E-state index contributed by atoms with van der Waals surface area (Å²) in [4.78, 5) is -0.124. The van der Waals surface area contributed by atoms with Crippen LogP contribution in [0.15, 0.2) is 17.0 Å². The van der Waals surface area contributed by atoms with Crippen molar-refractivity contribution in [3.63, 3.8) is 0 Å². The fourth-order valence-corrected chi connectivity index (χ4v) is 4.79. The second-order valence-corrected chi connectivity index (χ2v) is 7.65. The summed E-state index contributed by atoms with van der Waals surface area (Å²) in [6, 6.07) is 2.87. The van der Waals surface area contributed by atoms with Crippen LogP contribution < -0.4 is 10.0 Å². The van der Waals surface area contributed by atoms with Gasteiger partial charge >= 0.3 is 0 Å². The molecule has 0 bridgehead atoms. The first-order chi connectivity index (χ1) is 9.40. The molecule has 4 nitrogen and oxygen atoms in total. The summed E-state index contributed by atoms with van der Waals surface area (Å²) in [6.07, 6.45) is 3.17. The third-order valence-electron chi connectivity index (χ3n) is 3.16. The van der Waals surface area contributed by atoms with Gasteiger partial charge in [0.05, 0.1) is 10.0 Å². The first-order valence-corrected chi connectivity index (χ1v) is 8.89. The highest BCUT2D eigenvalue weighted by Gasteiger charge is 2.24. The number of nitrogens with one attached hydrogen (secondary N) is 2. The first-order valence-electron chi connectivity index (χ1n) is 6.28. The third-order valence-corrected chi connectivity index (χ3v) is 5.73. The Kier molecular flexibility index (Phi) is 5.56. The molecule has 1 atom stereocenters. The Morgan fingerprint density at radius 1 is 1.20 bits per heavy atom. The van der Waals surface area contributed by atoms with Gasteiger partial charge in [-0.2, -0.15) is 0 Å². The number of benzene rings is 1. The second kappa shape index (κ2) is 6.81. The lowest BCUT2D eigenvalue weighted by Crippen LogP contribution is -2.43. The van der Waals surface area contributed by atoms with E-state index in [0.29, 0.717) is 11.6 Å². The minimum atomic E-state index is -3.75. The summed E-state index contributed by atoms with van der Waals surface area (Å²) >= 11 is 17.7. The maximum absolute atomic E-state index is 12.3. The molecule has 0 aromatic heterocycles. The van der Waals surface area contributed by atoms with E-state index >= 15 is 0 Å². The monoisotopic (exact) mass is 356 g/mol.